The van der Waals surface area contributed by atoms with Gasteiger partial charge in [-0.3, -0.25) is 0 Å². The molecule has 6 heteroatoms. The molecule has 1 aromatic heterocycles. The average molecular weight is 251 g/mol. The number of methoxy groups -OCH3 is 1. The van der Waals surface area contributed by atoms with Crippen molar-refractivity contribution in [1.29, 1.82) is 0 Å². The largest absolute Gasteiger partial charge is 0.497 e. The van der Waals surface area contributed by atoms with Gasteiger partial charge in [-0.25, -0.2) is 4.39 Å². The lowest BCUT2D eigenvalue weighted by molar-refractivity contribution is 0.408. The predicted octanol–water partition coefficient (Wildman–Crippen LogP) is 1.77. The molecule has 5 nitrogen and oxygen atoms in total. The van der Waals surface area contributed by atoms with Crippen molar-refractivity contribution in [2.45, 2.75) is 19.4 Å². The van der Waals surface area contributed by atoms with Crippen molar-refractivity contribution < 1.29 is 13.7 Å². The lowest BCUT2D eigenvalue weighted by Gasteiger charge is -2.01. The Kier molecular flexibility index (Phi) is 3.57. The Morgan fingerprint density at radius 2 is 2.28 bits per heavy atom. The minimum Gasteiger partial charge on any atom is -0.497 e. The number of ether oxygens (including phenoxy) is 1. The molecule has 0 spiro atoms. The van der Waals surface area contributed by atoms with Crippen molar-refractivity contribution in [3.8, 4) is 17.2 Å². The molecular formula is C12H14FN3O2. The Morgan fingerprint density at radius 3 is 2.89 bits per heavy atom. The van der Waals surface area contributed by atoms with E-state index >= 15 is 0 Å². The van der Waals surface area contributed by atoms with Crippen LogP contribution < -0.4 is 10.5 Å². The maximum Gasteiger partial charge on any atom is 0.260 e. The summed E-state index contributed by atoms with van der Waals surface area (Å²) in [6.07, 6.45) is 0.487. The summed E-state index contributed by atoms with van der Waals surface area (Å²) in [6, 6.07) is 4.37. The van der Waals surface area contributed by atoms with Crippen molar-refractivity contribution >= 4 is 0 Å². The monoisotopic (exact) mass is 251 g/mol. The first-order chi connectivity index (χ1) is 8.60. The Hall–Kier alpha value is -1.95. The fraction of sp³-hybridized carbons (Fsp3) is 0.333. The topological polar surface area (TPSA) is 74.2 Å². The molecule has 1 heterocycles. The molecule has 1 atom stereocenters. The molecule has 1 aromatic carbocycles. The van der Waals surface area contributed by atoms with E-state index in [1.54, 1.807) is 6.07 Å². The van der Waals surface area contributed by atoms with Gasteiger partial charge in [0.15, 0.2) is 5.82 Å². The van der Waals surface area contributed by atoms with E-state index in [9.17, 15) is 4.39 Å². The van der Waals surface area contributed by atoms with E-state index in [-0.39, 0.29) is 17.5 Å². The highest BCUT2D eigenvalue weighted by Gasteiger charge is 2.14. The van der Waals surface area contributed by atoms with Gasteiger partial charge in [0.1, 0.15) is 11.6 Å². The van der Waals surface area contributed by atoms with Gasteiger partial charge in [-0.05, 0) is 19.1 Å². The first-order valence-electron chi connectivity index (χ1n) is 5.52. The van der Waals surface area contributed by atoms with E-state index in [0.29, 0.717) is 18.0 Å². The standard InChI is InChI=1S/C12H14FN3O2/c1-7(14)5-11-15-12(18-16-11)9-4-3-8(17-2)6-10(9)13/h3-4,6-7H,5,14H2,1-2H3. The molecule has 0 saturated heterocycles. The third-order valence-corrected chi connectivity index (χ3v) is 2.38. The highest BCUT2D eigenvalue weighted by atomic mass is 19.1. The van der Waals surface area contributed by atoms with Gasteiger partial charge in [0.25, 0.3) is 5.89 Å². The SMILES string of the molecule is COc1ccc(-c2nc(CC(C)N)no2)c(F)c1. The number of hydrogen-bond donors (Lipinski definition) is 1. The Balaban J connectivity index is 2.28. The van der Waals surface area contributed by atoms with E-state index in [1.165, 1.54) is 19.2 Å². The van der Waals surface area contributed by atoms with E-state index in [1.807, 2.05) is 6.92 Å². The third-order valence-electron chi connectivity index (χ3n) is 2.38. The number of rotatable bonds is 4. The van der Waals surface area contributed by atoms with Gasteiger partial charge in [-0.1, -0.05) is 5.16 Å². The van der Waals surface area contributed by atoms with Gasteiger partial charge in [0.2, 0.25) is 0 Å². The van der Waals surface area contributed by atoms with Crippen molar-refractivity contribution in [2.24, 2.45) is 5.73 Å². The third kappa shape index (κ3) is 2.65. The van der Waals surface area contributed by atoms with Crippen LogP contribution in [0.2, 0.25) is 0 Å². The first-order valence-corrected chi connectivity index (χ1v) is 5.52. The minimum atomic E-state index is -0.467. The summed E-state index contributed by atoms with van der Waals surface area (Å²) in [6.45, 7) is 1.84. The van der Waals surface area contributed by atoms with E-state index < -0.39 is 5.82 Å². The molecule has 0 fully saturated rings. The molecule has 0 amide bonds. The number of aromatic nitrogens is 2. The summed E-state index contributed by atoms with van der Waals surface area (Å²) in [7, 11) is 1.47. The molecular weight excluding hydrogens is 237 g/mol. The summed E-state index contributed by atoms with van der Waals surface area (Å²) in [5.41, 5.74) is 5.88. The molecule has 0 aliphatic rings. The quantitative estimate of drug-likeness (QED) is 0.896. The van der Waals surface area contributed by atoms with Crippen molar-refractivity contribution in [1.82, 2.24) is 10.1 Å². The van der Waals surface area contributed by atoms with Crippen molar-refractivity contribution in [2.75, 3.05) is 7.11 Å². The number of hydrogen-bond acceptors (Lipinski definition) is 5. The predicted molar refractivity (Wildman–Crippen MR) is 63.6 cm³/mol. The maximum atomic E-state index is 13.8. The summed E-state index contributed by atoms with van der Waals surface area (Å²) in [5, 5.41) is 3.75. The zero-order valence-corrected chi connectivity index (χ0v) is 10.2. The molecule has 2 aromatic rings. The summed E-state index contributed by atoms with van der Waals surface area (Å²) < 4.78 is 23.7. The second-order valence-corrected chi connectivity index (χ2v) is 4.04. The second-order valence-electron chi connectivity index (χ2n) is 4.04. The molecule has 0 bridgehead atoms. The number of nitrogens with two attached hydrogens (primary N) is 1. The second kappa shape index (κ2) is 5.14. The zero-order chi connectivity index (χ0) is 13.1. The lowest BCUT2D eigenvalue weighted by atomic mass is 10.2. The molecule has 2 rings (SSSR count). The van der Waals surface area contributed by atoms with E-state index in [2.05, 4.69) is 10.1 Å². The number of nitrogens with zero attached hydrogens (tertiary/aromatic N) is 2. The van der Waals surface area contributed by atoms with Crippen LogP contribution >= 0.6 is 0 Å². The molecule has 0 aliphatic carbocycles. The Labute approximate surface area is 104 Å². The van der Waals surface area contributed by atoms with Crippen LogP contribution in [0.4, 0.5) is 4.39 Å². The van der Waals surface area contributed by atoms with Gasteiger partial charge in [0.05, 0.1) is 12.7 Å². The van der Waals surface area contributed by atoms with E-state index in [0.717, 1.165) is 0 Å². The van der Waals surface area contributed by atoms with Crippen molar-refractivity contribution in [3.63, 3.8) is 0 Å². The van der Waals surface area contributed by atoms with Gasteiger partial charge < -0.3 is 15.0 Å². The van der Waals surface area contributed by atoms with Crippen LogP contribution in [0.3, 0.4) is 0 Å². The van der Waals surface area contributed by atoms with Crippen LogP contribution in [0.5, 0.6) is 5.75 Å². The van der Waals surface area contributed by atoms with Crippen LogP contribution in [0, 0.1) is 5.82 Å². The Morgan fingerprint density at radius 1 is 1.50 bits per heavy atom. The maximum absolute atomic E-state index is 13.8. The Bertz CT molecular complexity index is 540. The van der Waals surface area contributed by atoms with Crippen LogP contribution in [-0.2, 0) is 6.42 Å². The van der Waals surface area contributed by atoms with Gasteiger partial charge in [-0.2, -0.15) is 4.98 Å². The van der Waals surface area contributed by atoms with Crippen molar-refractivity contribution in [3.05, 3.63) is 29.8 Å². The molecule has 0 radical (unpaired) electrons. The summed E-state index contributed by atoms with van der Waals surface area (Å²) in [5.74, 6) is 0.581. The molecule has 0 saturated carbocycles. The summed E-state index contributed by atoms with van der Waals surface area (Å²) in [4.78, 5) is 4.10. The fourth-order valence-corrected chi connectivity index (χ4v) is 1.53. The average Bonchev–Trinajstić information content (AvgIpc) is 2.76. The fourth-order valence-electron chi connectivity index (χ4n) is 1.53. The first kappa shape index (κ1) is 12.5. The normalized spacial score (nSPS) is 12.4. The van der Waals surface area contributed by atoms with E-state index in [4.69, 9.17) is 15.0 Å². The van der Waals surface area contributed by atoms with Crippen LogP contribution in [0.25, 0.3) is 11.5 Å². The van der Waals surface area contributed by atoms with Crippen LogP contribution in [-0.4, -0.2) is 23.3 Å². The van der Waals surface area contributed by atoms with Gasteiger partial charge in [-0.15, -0.1) is 0 Å². The summed E-state index contributed by atoms with van der Waals surface area (Å²) >= 11 is 0. The molecule has 1 unspecified atom stereocenters. The smallest absolute Gasteiger partial charge is 0.260 e. The number of halogens is 1. The number of benzene rings is 1. The van der Waals surface area contributed by atoms with Gasteiger partial charge in [0, 0.05) is 18.5 Å². The highest BCUT2D eigenvalue weighted by Crippen LogP contribution is 2.24. The molecule has 2 N–H and O–H groups in total. The highest BCUT2D eigenvalue weighted by molar-refractivity contribution is 5.55. The minimum absolute atomic E-state index is 0.0730. The molecule has 96 valence electrons. The van der Waals surface area contributed by atoms with Gasteiger partial charge >= 0.3 is 0 Å². The van der Waals surface area contributed by atoms with Crippen LogP contribution in [0.15, 0.2) is 22.7 Å². The molecule has 0 aliphatic heterocycles. The zero-order valence-electron chi connectivity index (χ0n) is 10.2. The van der Waals surface area contributed by atoms with Crippen LogP contribution in [0.1, 0.15) is 12.7 Å². The lowest BCUT2D eigenvalue weighted by Crippen LogP contribution is -2.18. The molecule has 18 heavy (non-hydrogen) atoms.